The number of para-hydroxylation sites is 1. The van der Waals surface area contributed by atoms with E-state index >= 15 is 0 Å². The van der Waals surface area contributed by atoms with E-state index in [0.29, 0.717) is 17.1 Å². The van der Waals surface area contributed by atoms with E-state index in [2.05, 4.69) is 10.3 Å². The van der Waals surface area contributed by atoms with Crippen molar-refractivity contribution in [1.82, 2.24) is 4.98 Å². The lowest BCUT2D eigenvalue weighted by molar-refractivity contribution is 0.112. The van der Waals surface area contributed by atoms with Crippen LogP contribution in [0.1, 0.15) is 10.4 Å². The number of hydrogen-bond acceptors (Lipinski definition) is 4. The summed E-state index contributed by atoms with van der Waals surface area (Å²) in [6.07, 6.45) is 2.42. The Morgan fingerprint density at radius 3 is 2.62 bits per heavy atom. The van der Waals surface area contributed by atoms with Crippen molar-refractivity contribution < 1.29 is 4.79 Å². The summed E-state index contributed by atoms with van der Waals surface area (Å²) in [4.78, 5) is 14.8. The van der Waals surface area contributed by atoms with Gasteiger partial charge < -0.3 is 11.1 Å². The van der Waals surface area contributed by atoms with Gasteiger partial charge in [0.05, 0.1) is 5.69 Å². The fraction of sp³-hybridized carbons (Fsp3) is 0. The van der Waals surface area contributed by atoms with Gasteiger partial charge in [0.1, 0.15) is 5.82 Å². The number of hydrogen-bond donors (Lipinski definition) is 2. The zero-order valence-electron chi connectivity index (χ0n) is 8.55. The molecule has 0 unspecified atom stereocenters. The molecule has 0 saturated carbocycles. The van der Waals surface area contributed by atoms with Gasteiger partial charge >= 0.3 is 0 Å². The van der Waals surface area contributed by atoms with Gasteiger partial charge in [0.25, 0.3) is 0 Å². The topological polar surface area (TPSA) is 68.0 Å². The zero-order valence-corrected chi connectivity index (χ0v) is 8.55. The molecule has 4 heteroatoms. The van der Waals surface area contributed by atoms with Crippen molar-refractivity contribution in [2.45, 2.75) is 0 Å². The number of aromatic nitrogens is 1. The van der Waals surface area contributed by atoms with Crippen LogP contribution in [0.15, 0.2) is 42.6 Å². The predicted molar refractivity (Wildman–Crippen MR) is 63.8 cm³/mol. The summed E-state index contributed by atoms with van der Waals surface area (Å²) in [7, 11) is 0. The molecule has 0 atom stereocenters. The van der Waals surface area contributed by atoms with Crippen molar-refractivity contribution in [2.75, 3.05) is 11.1 Å². The van der Waals surface area contributed by atoms with Crippen LogP contribution in [0.5, 0.6) is 0 Å². The van der Waals surface area contributed by atoms with Crippen LogP contribution in [-0.2, 0) is 0 Å². The fourth-order valence-electron chi connectivity index (χ4n) is 1.38. The maximum absolute atomic E-state index is 10.8. The molecule has 1 aromatic carbocycles. The molecule has 0 fully saturated rings. The van der Waals surface area contributed by atoms with Gasteiger partial charge in [0.2, 0.25) is 0 Å². The standard InChI is InChI=1S/C12H11N3O/c13-12-11(6-3-7-14-12)15-10-5-2-1-4-9(10)8-16/h1-8,15H,(H2,13,14). The SMILES string of the molecule is Nc1ncccc1Nc1ccccc1C=O. The second kappa shape index (κ2) is 4.44. The van der Waals surface area contributed by atoms with Crippen LogP contribution < -0.4 is 11.1 Å². The molecule has 0 aliphatic carbocycles. The smallest absolute Gasteiger partial charge is 0.152 e. The first kappa shape index (κ1) is 10.2. The largest absolute Gasteiger partial charge is 0.382 e. The quantitative estimate of drug-likeness (QED) is 0.767. The van der Waals surface area contributed by atoms with E-state index in [1.807, 2.05) is 24.3 Å². The van der Waals surface area contributed by atoms with Crippen molar-refractivity contribution in [3.05, 3.63) is 48.2 Å². The number of nitrogens with zero attached hydrogens (tertiary/aromatic N) is 1. The lowest BCUT2D eigenvalue weighted by Crippen LogP contribution is -2.00. The minimum atomic E-state index is 0.406. The van der Waals surface area contributed by atoms with E-state index in [-0.39, 0.29) is 0 Å². The second-order valence-electron chi connectivity index (χ2n) is 3.27. The van der Waals surface area contributed by atoms with Crippen molar-refractivity contribution in [3.63, 3.8) is 0 Å². The van der Waals surface area contributed by atoms with Gasteiger partial charge in [-0.05, 0) is 24.3 Å². The molecule has 0 radical (unpaired) electrons. The summed E-state index contributed by atoms with van der Waals surface area (Å²) < 4.78 is 0. The highest BCUT2D eigenvalue weighted by Crippen LogP contribution is 2.22. The Hall–Kier alpha value is -2.36. The normalized spacial score (nSPS) is 9.75. The third-order valence-electron chi connectivity index (χ3n) is 2.20. The Balaban J connectivity index is 2.34. The highest BCUT2D eigenvalue weighted by atomic mass is 16.1. The van der Waals surface area contributed by atoms with Crippen LogP contribution >= 0.6 is 0 Å². The van der Waals surface area contributed by atoms with E-state index in [1.54, 1.807) is 18.3 Å². The Kier molecular flexibility index (Phi) is 2.82. The highest BCUT2D eigenvalue weighted by molar-refractivity contribution is 5.86. The average molecular weight is 213 g/mol. The Morgan fingerprint density at radius 2 is 1.88 bits per heavy atom. The number of anilines is 3. The third kappa shape index (κ3) is 2.00. The first-order chi connectivity index (χ1) is 7.81. The lowest BCUT2D eigenvalue weighted by Gasteiger charge is -2.09. The van der Waals surface area contributed by atoms with Crippen LogP contribution in [0.3, 0.4) is 0 Å². The molecule has 80 valence electrons. The molecule has 0 saturated heterocycles. The van der Waals surface area contributed by atoms with E-state index < -0.39 is 0 Å². The average Bonchev–Trinajstić information content (AvgIpc) is 2.33. The number of pyridine rings is 1. The lowest BCUT2D eigenvalue weighted by atomic mass is 10.2. The molecule has 0 aliphatic rings. The summed E-state index contributed by atoms with van der Waals surface area (Å²) in [6, 6.07) is 10.8. The molecule has 0 aliphatic heterocycles. The van der Waals surface area contributed by atoms with Crippen LogP contribution in [0.2, 0.25) is 0 Å². The van der Waals surface area contributed by atoms with E-state index in [9.17, 15) is 4.79 Å². The van der Waals surface area contributed by atoms with Crippen LogP contribution in [0.25, 0.3) is 0 Å². The maximum atomic E-state index is 10.8. The van der Waals surface area contributed by atoms with Crippen molar-refractivity contribution in [3.8, 4) is 0 Å². The number of carbonyl (C=O) groups excluding carboxylic acids is 1. The van der Waals surface area contributed by atoms with Crippen molar-refractivity contribution in [2.24, 2.45) is 0 Å². The number of rotatable bonds is 3. The molecule has 4 nitrogen and oxygen atoms in total. The molecule has 1 aromatic heterocycles. The maximum Gasteiger partial charge on any atom is 0.152 e. The van der Waals surface area contributed by atoms with Crippen molar-refractivity contribution >= 4 is 23.5 Å². The van der Waals surface area contributed by atoms with Gasteiger partial charge in [-0.15, -0.1) is 0 Å². The molecule has 16 heavy (non-hydrogen) atoms. The molecule has 1 heterocycles. The van der Waals surface area contributed by atoms with Gasteiger partial charge in [0, 0.05) is 17.4 Å². The summed E-state index contributed by atoms with van der Waals surface area (Å²) in [5.41, 5.74) is 7.70. The Labute approximate surface area is 93.1 Å². The summed E-state index contributed by atoms with van der Waals surface area (Å²) in [6.45, 7) is 0. The Bertz CT molecular complexity index is 511. The summed E-state index contributed by atoms with van der Waals surface area (Å²) in [5, 5.41) is 3.07. The first-order valence-electron chi connectivity index (χ1n) is 4.83. The van der Waals surface area contributed by atoms with Crippen LogP contribution in [0.4, 0.5) is 17.2 Å². The minimum Gasteiger partial charge on any atom is -0.382 e. The third-order valence-corrected chi connectivity index (χ3v) is 2.20. The molecular weight excluding hydrogens is 202 g/mol. The number of benzene rings is 1. The molecule has 3 N–H and O–H groups in total. The van der Waals surface area contributed by atoms with Gasteiger partial charge in [-0.25, -0.2) is 4.98 Å². The predicted octanol–water partition coefficient (Wildman–Crippen LogP) is 2.22. The molecule has 0 amide bonds. The summed E-state index contributed by atoms with van der Waals surface area (Å²) >= 11 is 0. The molecular formula is C12H11N3O. The zero-order chi connectivity index (χ0) is 11.4. The fourth-order valence-corrected chi connectivity index (χ4v) is 1.38. The number of nitrogen functional groups attached to an aromatic ring is 1. The van der Waals surface area contributed by atoms with Gasteiger partial charge in [-0.2, -0.15) is 0 Å². The molecule has 2 aromatic rings. The number of carbonyl (C=O) groups is 1. The van der Waals surface area contributed by atoms with Gasteiger partial charge in [-0.3, -0.25) is 4.79 Å². The molecule has 0 spiro atoms. The molecule has 0 bridgehead atoms. The number of nitrogens with one attached hydrogen (secondary N) is 1. The first-order valence-corrected chi connectivity index (χ1v) is 4.83. The monoisotopic (exact) mass is 213 g/mol. The number of aldehydes is 1. The van der Waals surface area contributed by atoms with Gasteiger partial charge in [0.15, 0.2) is 6.29 Å². The Morgan fingerprint density at radius 1 is 1.12 bits per heavy atom. The van der Waals surface area contributed by atoms with E-state index in [4.69, 9.17) is 5.73 Å². The van der Waals surface area contributed by atoms with Crippen LogP contribution in [0, 0.1) is 0 Å². The number of nitrogens with two attached hydrogens (primary N) is 1. The molecule has 2 rings (SSSR count). The van der Waals surface area contributed by atoms with Crippen molar-refractivity contribution in [1.29, 1.82) is 0 Å². The second-order valence-corrected chi connectivity index (χ2v) is 3.27. The van der Waals surface area contributed by atoms with E-state index in [1.165, 1.54) is 0 Å². The van der Waals surface area contributed by atoms with E-state index in [0.717, 1.165) is 12.0 Å². The summed E-state index contributed by atoms with van der Waals surface area (Å²) in [5.74, 6) is 0.406. The van der Waals surface area contributed by atoms with Gasteiger partial charge in [-0.1, -0.05) is 12.1 Å². The highest BCUT2D eigenvalue weighted by Gasteiger charge is 2.03. The van der Waals surface area contributed by atoms with Crippen LogP contribution in [-0.4, -0.2) is 11.3 Å². The minimum absolute atomic E-state index is 0.406.